The molecular formula is C16H13ClN2O. The molecule has 0 spiro atoms. The third-order valence-corrected chi connectivity index (χ3v) is 3.42. The van der Waals surface area contributed by atoms with Crippen LogP contribution < -0.4 is 4.74 Å². The van der Waals surface area contributed by atoms with Crippen molar-refractivity contribution >= 4 is 22.5 Å². The van der Waals surface area contributed by atoms with Crippen LogP contribution in [0.1, 0.15) is 5.56 Å². The van der Waals surface area contributed by atoms with E-state index in [1.165, 1.54) is 0 Å². The minimum atomic E-state index is 0.453. The van der Waals surface area contributed by atoms with Crippen molar-refractivity contribution in [3.63, 3.8) is 0 Å². The van der Waals surface area contributed by atoms with E-state index in [4.69, 9.17) is 16.3 Å². The number of halogens is 1. The van der Waals surface area contributed by atoms with Crippen LogP contribution in [0.25, 0.3) is 22.3 Å². The molecule has 0 unspecified atom stereocenters. The monoisotopic (exact) mass is 284 g/mol. The number of rotatable bonds is 2. The summed E-state index contributed by atoms with van der Waals surface area (Å²) in [5, 5.41) is 1.28. The summed E-state index contributed by atoms with van der Waals surface area (Å²) in [7, 11) is 1.63. The molecule has 0 N–H and O–H groups in total. The van der Waals surface area contributed by atoms with Crippen molar-refractivity contribution in [1.82, 2.24) is 9.97 Å². The highest BCUT2D eigenvalue weighted by Crippen LogP contribution is 2.27. The highest BCUT2D eigenvalue weighted by molar-refractivity contribution is 6.34. The Bertz CT molecular complexity index is 787. The van der Waals surface area contributed by atoms with Crippen molar-refractivity contribution in [2.45, 2.75) is 6.92 Å². The highest BCUT2D eigenvalue weighted by Gasteiger charge is 2.09. The van der Waals surface area contributed by atoms with E-state index in [1.54, 1.807) is 7.11 Å². The van der Waals surface area contributed by atoms with Crippen LogP contribution in [0, 0.1) is 6.92 Å². The van der Waals surface area contributed by atoms with Gasteiger partial charge in [0.1, 0.15) is 10.9 Å². The van der Waals surface area contributed by atoms with Crippen molar-refractivity contribution < 1.29 is 4.74 Å². The van der Waals surface area contributed by atoms with Crippen LogP contribution in [0.3, 0.4) is 0 Å². The van der Waals surface area contributed by atoms with E-state index in [0.717, 1.165) is 27.8 Å². The van der Waals surface area contributed by atoms with Gasteiger partial charge in [0.2, 0.25) is 0 Å². The molecule has 0 amide bonds. The van der Waals surface area contributed by atoms with E-state index in [-0.39, 0.29) is 0 Å². The molecule has 0 atom stereocenters. The smallest absolute Gasteiger partial charge is 0.161 e. The first kappa shape index (κ1) is 12.9. The molecule has 100 valence electrons. The van der Waals surface area contributed by atoms with E-state index in [0.29, 0.717) is 11.0 Å². The first-order valence-electron chi connectivity index (χ1n) is 6.26. The number of fused-ring (bicyclic) bond motifs is 1. The van der Waals surface area contributed by atoms with Crippen LogP contribution in [-0.2, 0) is 0 Å². The molecule has 0 fully saturated rings. The third-order valence-electron chi connectivity index (χ3n) is 3.13. The molecule has 0 aliphatic heterocycles. The maximum atomic E-state index is 6.26. The van der Waals surface area contributed by atoms with Gasteiger partial charge in [0.05, 0.1) is 12.6 Å². The number of nitrogens with zero attached hydrogens (tertiary/aromatic N) is 2. The van der Waals surface area contributed by atoms with Gasteiger partial charge in [-0.15, -0.1) is 0 Å². The van der Waals surface area contributed by atoms with Crippen molar-refractivity contribution in [2.75, 3.05) is 7.11 Å². The second-order valence-electron chi connectivity index (χ2n) is 4.59. The van der Waals surface area contributed by atoms with E-state index >= 15 is 0 Å². The summed E-state index contributed by atoms with van der Waals surface area (Å²) in [6, 6.07) is 13.6. The fraction of sp³-hybridized carbons (Fsp3) is 0.125. The molecule has 3 aromatic rings. The summed E-state index contributed by atoms with van der Waals surface area (Å²) in [5.41, 5.74) is 2.89. The molecular weight excluding hydrogens is 272 g/mol. The average Bonchev–Trinajstić information content (AvgIpc) is 2.46. The van der Waals surface area contributed by atoms with Crippen molar-refractivity contribution in [3.05, 3.63) is 53.2 Å². The third kappa shape index (κ3) is 2.32. The zero-order chi connectivity index (χ0) is 14.1. The molecule has 20 heavy (non-hydrogen) atoms. The first-order chi connectivity index (χ1) is 9.67. The van der Waals surface area contributed by atoms with Gasteiger partial charge >= 0.3 is 0 Å². The molecule has 0 saturated heterocycles. The summed E-state index contributed by atoms with van der Waals surface area (Å²) in [5.74, 6) is 1.38. The summed E-state index contributed by atoms with van der Waals surface area (Å²) >= 11 is 6.26. The Morgan fingerprint density at radius 3 is 2.65 bits per heavy atom. The largest absolute Gasteiger partial charge is 0.497 e. The molecule has 0 bridgehead atoms. The Labute approximate surface area is 122 Å². The predicted molar refractivity (Wildman–Crippen MR) is 81.3 cm³/mol. The van der Waals surface area contributed by atoms with Crippen molar-refractivity contribution in [1.29, 1.82) is 0 Å². The Kier molecular flexibility index (Phi) is 3.28. The molecule has 1 aromatic heterocycles. The van der Waals surface area contributed by atoms with E-state index in [9.17, 15) is 0 Å². The predicted octanol–water partition coefficient (Wildman–Crippen LogP) is 4.27. The molecule has 0 aliphatic carbocycles. The number of methoxy groups -OCH3 is 1. The summed E-state index contributed by atoms with van der Waals surface area (Å²) in [6.07, 6.45) is 0. The molecule has 3 nitrogen and oxygen atoms in total. The molecule has 3 rings (SSSR count). The zero-order valence-corrected chi connectivity index (χ0v) is 12.0. The minimum Gasteiger partial charge on any atom is -0.497 e. The Morgan fingerprint density at radius 2 is 1.90 bits per heavy atom. The van der Waals surface area contributed by atoms with Gasteiger partial charge in [-0.25, -0.2) is 9.97 Å². The molecule has 2 aromatic carbocycles. The summed E-state index contributed by atoms with van der Waals surface area (Å²) in [6.45, 7) is 2.04. The van der Waals surface area contributed by atoms with Crippen LogP contribution in [0.5, 0.6) is 5.75 Å². The first-order valence-corrected chi connectivity index (χ1v) is 6.63. The van der Waals surface area contributed by atoms with Crippen molar-refractivity contribution in [3.8, 4) is 17.1 Å². The number of aromatic nitrogens is 2. The van der Waals surface area contributed by atoms with Crippen molar-refractivity contribution in [2.24, 2.45) is 0 Å². The minimum absolute atomic E-state index is 0.453. The molecule has 4 heteroatoms. The van der Waals surface area contributed by atoms with Gasteiger partial charge < -0.3 is 4.74 Å². The Morgan fingerprint density at radius 1 is 1.05 bits per heavy atom. The molecule has 1 heterocycles. The van der Waals surface area contributed by atoms with Crippen LogP contribution >= 0.6 is 11.6 Å². The normalized spacial score (nSPS) is 10.8. The van der Waals surface area contributed by atoms with Gasteiger partial charge in [0.25, 0.3) is 0 Å². The Hall–Kier alpha value is -2.13. The lowest BCUT2D eigenvalue weighted by Crippen LogP contribution is -1.93. The van der Waals surface area contributed by atoms with Crippen LogP contribution in [0.4, 0.5) is 0 Å². The van der Waals surface area contributed by atoms with Gasteiger partial charge in [-0.1, -0.05) is 35.4 Å². The quantitative estimate of drug-likeness (QED) is 0.659. The van der Waals surface area contributed by atoms with E-state index in [2.05, 4.69) is 9.97 Å². The SMILES string of the molecule is COc1ccc2c(Cl)nc(-c3cccc(C)c3)nc2c1. The van der Waals surface area contributed by atoms with Gasteiger partial charge in [0, 0.05) is 17.0 Å². The zero-order valence-electron chi connectivity index (χ0n) is 11.2. The summed E-state index contributed by atoms with van der Waals surface area (Å²) < 4.78 is 5.22. The maximum absolute atomic E-state index is 6.26. The van der Waals surface area contributed by atoms with Gasteiger partial charge in [-0.05, 0) is 25.1 Å². The van der Waals surface area contributed by atoms with E-state index in [1.807, 2.05) is 49.4 Å². The lowest BCUT2D eigenvalue weighted by molar-refractivity contribution is 0.415. The van der Waals surface area contributed by atoms with Crippen LogP contribution in [0.15, 0.2) is 42.5 Å². The fourth-order valence-electron chi connectivity index (χ4n) is 2.11. The highest BCUT2D eigenvalue weighted by atomic mass is 35.5. The number of ether oxygens (including phenoxy) is 1. The topological polar surface area (TPSA) is 35.0 Å². The lowest BCUT2D eigenvalue weighted by Gasteiger charge is -2.07. The lowest BCUT2D eigenvalue weighted by atomic mass is 10.1. The van der Waals surface area contributed by atoms with Gasteiger partial charge in [-0.2, -0.15) is 0 Å². The maximum Gasteiger partial charge on any atom is 0.161 e. The fourth-order valence-corrected chi connectivity index (χ4v) is 2.35. The number of benzene rings is 2. The van der Waals surface area contributed by atoms with Crippen LogP contribution in [0.2, 0.25) is 5.15 Å². The number of hydrogen-bond acceptors (Lipinski definition) is 3. The van der Waals surface area contributed by atoms with Gasteiger partial charge in [-0.3, -0.25) is 0 Å². The van der Waals surface area contributed by atoms with Gasteiger partial charge in [0.15, 0.2) is 5.82 Å². The second-order valence-corrected chi connectivity index (χ2v) is 4.95. The Balaban J connectivity index is 2.22. The summed E-state index contributed by atoms with van der Waals surface area (Å²) in [4.78, 5) is 8.96. The number of hydrogen-bond donors (Lipinski definition) is 0. The number of aryl methyl sites for hydroxylation is 1. The standard InChI is InChI=1S/C16H13ClN2O/c1-10-4-3-5-11(8-10)16-18-14-9-12(20-2)6-7-13(14)15(17)19-16/h3-9H,1-2H3. The van der Waals surface area contributed by atoms with E-state index < -0.39 is 0 Å². The molecule has 0 radical (unpaired) electrons. The molecule has 0 saturated carbocycles. The average molecular weight is 285 g/mol. The van der Waals surface area contributed by atoms with Crippen LogP contribution in [-0.4, -0.2) is 17.1 Å². The second kappa shape index (κ2) is 5.10. The molecule has 0 aliphatic rings.